The lowest BCUT2D eigenvalue weighted by atomic mass is 10.2. The number of nitrogens with one attached hydrogen (secondary N) is 2. The number of amides is 1. The molecule has 3 aromatic rings. The van der Waals surface area contributed by atoms with Crippen LogP contribution in [0.4, 0.5) is 5.69 Å². The van der Waals surface area contributed by atoms with Crippen molar-refractivity contribution >= 4 is 34.2 Å². The fraction of sp³-hybridized carbons (Fsp3) is 0.176. The van der Waals surface area contributed by atoms with E-state index < -0.39 is 0 Å². The van der Waals surface area contributed by atoms with Gasteiger partial charge in [0.2, 0.25) is 5.91 Å². The molecule has 0 aliphatic heterocycles. The molecule has 2 N–H and O–H groups in total. The first-order chi connectivity index (χ1) is 10.6. The number of imidazole rings is 1. The summed E-state index contributed by atoms with van der Waals surface area (Å²) < 4.78 is 0. The van der Waals surface area contributed by atoms with E-state index in [1.807, 2.05) is 43.3 Å². The van der Waals surface area contributed by atoms with E-state index in [1.165, 1.54) is 0 Å². The Morgan fingerprint density at radius 3 is 2.86 bits per heavy atom. The van der Waals surface area contributed by atoms with Crippen LogP contribution in [0.1, 0.15) is 17.8 Å². The molecule has 1 heterocycles. The van der Waals surface area contributed by atoms with E-state index in [0.717, 1.165) is 22.4 Å². The molecule has 0 atom stereocenters. The first-order valence-corrected chi connectivity index (χ1v) is 7.49. The summed E-state index contributed by atoms with van der Waals surface area (Å²) in [6.07, 6.45) is 0.936. The van der Waals surface area contributed by atoms with Gasteiger partial charge in [0.1, 0.15) is 5.82 Å². The topological polar surface area (TPSA) is 57.8 Å². The Bertz CT molecular complexity index is 793. The number of aromatic nitrogens is 2. The van der Waals surface area contributed by atoms with Gasteiger partial charge in [-0.05, 0) is 36.8 Å². The normalized spacial score (nSPS) is 10.8. The number of rotatable bonds is 4. The van der Waals surface area contributed by atoms with Crippen LogP contribution in [0.25, 0.3) is 11.0 Å². The second kappa shape index (κ2) is 6.20. The van der Waals surface area contributed by atoms with Gasteiger partial charge in [-0.2, -0.15) is 0 Å². The Labute approximate surface area is 133 Å². The number of anilines is 1. The van der Waals surface area contributed by atoms with Gasteiger partial charge < -0.3 is 10.3 Å². The van der Waals surface area contributed by atoms with E-state index in [2.05, 4.69) is 15.3 Å². The third-order valence-corrected chi connectivity index (χ3v) is 3.89. The second-order valence-electron chi connectivity index (χ2n) is 5.21. The molecule has 22 heavy (non-hydrogen) atoms. The average molecular weight is 314 g/mol. The number of halogens is 1. The first-order valence-electron chi connectivity index (χ1n) is 7.11. The van der Waals surface area contributed by atoms with Gasteiger partial charge in [0.25, 0.3) is 0 Å². The van der Waals surface area contributed by atoms with Crippen LogP contribution in [0, 0.1) is 6.92 Å². The molecule has 0 radical (unpaired) electrons. The van der Waals surface area contributed by atoms with Crippen LogP contribution >= 0.6 is 11.6 Å². The highest BCUT2D eigenvalue weighted by molar-refractivity contribution is 6.31. The van der Waals surface area contributed by atoms with Crippen molar-refractivity contribution in [2.24, 2.45) is 0 Å². The first kappa shape index (κ1) is 14.6. The van der Waals surface area contributed by atoms with Gasteiger partial charge >= 0.3 is 0 Å². The van der Waals surface area contributed by atoms with Crippen LogP contribution in [0.2, 0.25) is 5.02 Å². The SMILES string of the molecule is Cc1ccc(NC(=O)CCc2nc3ccccc3[nH]2)cc1Cl. The number of aromatic amines is 1. The minimum absolute atomic E-state index is 0.0552. The molecule has 4 nitrogen and oxygen atoms in total. The fourth-order valence-corrected chi connectivity index (χ4v) is 2.43. The highest BCUT2D eigenvalue weighted by Gasteiger charge is 2.07. The summed E-state index contributed by atoms with van der Waals surface area (Å²) in [5, 5.41) is 3.50. The van der Waals surface area contributed by atoms with E-state index >= 15 is 0 Å². The predicted octanol–water partition coefficient (Wildman–Crippen LogP) is 4.10. The van der Waals surface area contributed by atoms with Crippen molar-refractivity contribution in [3.05, 3.63) is 58.9 Å². The number of aryl methyl sites for hydroxylation is 2. The molecule has 0 spiro atoms. The van der Waals surface area contributed by atoms with E-state index in [9.17, 15) is 4.79 Å². The summed E-state index contributed by atoms with van der Waals surface area (Å²) in [7, 11) is 0. The summed E-state index contributed by atoms with van der Waals surface area (Å²) in [6.45, 7) is 1.93. The maximum absolute atomic E-state index is 12.0. The van der Waals surface area contributed by atoms with E-state index in [-0.39, 0.29) is 5.91 Å². The Morgan fingerprint density at radius 2 is 2.09 bits per heavy atom. The van der Waals surface area contributed by atoms with Crippen LogP contribution in [0.3, 0.4) is 0 Å². The minimum Gasteiger partial charge on any atom is -0.342 e. The Morgan fingerprint density at radius 1 is 1.27 bits per heavy atom. The van der Waals surface area contributed by atoms with Crippen LogP contribution in [0.5, 0.6) is 0 Å². The molecule has 2 aromatic carbocycles. The summed E-state index contributed by atoms with van der Waals surface area (Å²) in [6, 6.07) is 13.3. The number of carbonyl (C=O) groups excluding carboxylic acids is 1. The van der Waals surface area contributed by atoms with Gasteiger partial charge in [-0.25, -0.2) is 4.98 Å². The number of benzene rings is 2. The number of fused-ring (bicyclic) bond motifs is 1. The zero-order valence-electron chi connectivity index (χ0n) is 12.2. The van der Waals surface area contributed by atoms with Crippen LogP contribution in [-0.4, -0.2) is 15.9 Å². The highest BCUT2D eigenvalue weighted by atomic mass is 35.5. The summed E-state index contributed by atoms with van der Waals surface area (Å²) in [4.78, 5) is 19.7. The predicted molar refractivity (Wildman–Crippen MR) is 89.2 cm³/mol. The number of H-pyrrole nitrogens is 1. The van der Waals surface area contributed by atoms with Crippen LogP contribution in [-0.2, 0) is 11.2 Å². The molecule has 112 valence electrons. The smallest absolute Gasteiger partial charge is 0.224 e. The van der Waals surface area contributed by atoms with Crippen molar-refractivity contribution in [1.82, 2.24) is 9.97 Å². The lowest BCUT2D eigenvalue weighted by Crippen LogP contribution is -2.12. The molecule has 0 saturated carbocycles. The number of carbonyl (C=O) groups is 1. The molecule has 0 aliphatic rings. The van der Waals surface area contributed by atoms with E-state index in [1.54, 1.807) is 6.07 Å². The Kier molecular flexibility index (Phi) is 4.11. The summed E-state index contributed by atoms with van der Waals surface area (Å²) in [5.41, 5.74) is 3.61. The highest BCUT2D eigenvalue weighted by Crippen LogP contribution is 2.20. The van der Waals surface area contributed by atoms with Crippen molar-refractivity contribution in [3.63, 3.8) is 0 Å². The maximum atomic E-state index is 12.0. The number of hydrogen-bond donors (Lipinski definition) is 2. The molecule has 1 amide bonds. The van der Waals surface area contributed by atoms with E-state index in [0.29, 0.717) is 23.6 Å². The summed E-state index contributed by atoms with van der Waals surface area (Å²) >= 11 is 6.05. The quantitative estimate of drug-likeness (QED) is 0.762. The largest absolute Gasteiger partial charge is 0.342 e. The molecule has 0 aliphatic carbocycles. The Balaban J connectivity index is 1.60. The van der Waals surface area contributed by atoms with Crippen molar-refractivity contribution in [1.29, 1.82) is 0 Å². The summed E-state index contributed by atoms with van der Waals surface area (Å²) in [5.74, 6) is 0.763. The average Bonchev–Trinajstić information content (AvgIpc) is 2.92. The lowest BCUT2D eigenvalue weighted by Gasteiger charge is -2.06. The molecular weight excluding hydrogens is 298 g/mol. The molecule has 3 rings (SSSR count). The molecule has 0 fully saturated rings. The van der Waals surface area contributed by atoms with Crippen LogP contribution in [0.15, 0.2) is 42.5 Å². The number of para-hydroxylation sites is 2. The molecule has 0 saturated heterocycles. The van der Waals surface area contributed by atoms with Crippen LogP contribution < -0.4 is 5.32 Å². The van der Waals surface area contributed by atoms with Gasteiger partial charge in [0.15, 0.2) is 0 Å². The minimum atomic E-state index is -0.0552. The molecule has 5 heteroatoms. The molecule has 0 bridgehead atoms. The van der Waals surface area contributed by atoms with Gasteiger partial charge in [-0.15, -0.1) is 0 Å². The van der Waals surface area contributed by atoms with Gasteiger partial charge in [0, 0.05) is 23.6 Å². The fourth-order valence-electron chi connectivity index (χ4n) is 2.25. The third kappa shape index (κ3) is 3.28. The number of nitrogens with zero attached hydrogens (tertiary/aromatic N) is 1. The molecule has 0 unspecified atom stereocenters. The standard InChI is InChI=1S/C17H16ClN3O/c1-11-6-7-12(10-13(11)18)19-17(22)9-8-16-20-14-4-2-3-5-15(14)21-16/h2-7,10H,8-9H2,1H3,(H,19,22)(H,20,21). The maximum Gasteiger partial charge on any atom is 0.224 e. The number of hydrogen-bond acceptors (Lipinski definition) is 2. The van der Waals surface area contributed by atoms with Gasteiger partial charge in [-0.1, -0.05) is 29.8 Å². The van der Waals surface area contributed by atoms with Crippen molar-refractivity contribution in [2.75, 3.05) is 5.32 Å². The van der Waals surface area contributed by atoms with Crippen molar-refractivity contribution in [2.45, 2.75) is 19.8 Å². The molecular formula is C17H16ClN3O. The zero-order chi connectivity index (χ0) is 15.5. The van der Waals surface area contributed by atoms with Crippen molar-refractivity contribution < 1.29 is 4.79 Å². The molecule has 1 aromatic heterocycles. The third-order valence-electron chi connectivity index (χ3n) is 3.48. The zero-order valence-corrected chi connectivity index (χ0v) is 12.9. The van der Waals surface area contributed by atoms with E-state index in [4.69, 9.17) is 11.6 Å². The van der Waals surface area contributed by atoms with Crippen molar-refractivity contribution in [3.8, 4) is 0 Å². The Hall–Kier alpha value is -2.33. The van der Waals surface area contributed by atoms with Gasteiger partial charge in [-0.3, -0.25) is 4.79 Å². The lowest BCUT2D eigenvalue weighted by molar-refractivity contribution is -0.116. The van der Waals surface area contributed by atoms with Gasteiger partial charge in [0.05, 0.1) is 11.0 Å². The second-order valence-corrected chi connectivity index (χ2v) is 5.62. The monoisotopic (exact) mass is 313 g/mol.